The van der Waals surface area contributed by atoms with Crippen molar-refractivity contribution in [3.63, 3.8) is 0 Å². The van der Waals surface area contributed by atoms with E-state index < -0.39 is 17.4 Å². The lowest BCUT2D eigenvalue weighted by atomic mass is 10.3. The van der Waals surface area contributed by atoms with Crippen molar-refractivity contribution in [1.82, 2.24) is 0 Å². The number of halogens is 2. The fraction of sp³-hybridized carbons (Fsp3) is 0. The molecule has 1 aromatic carbocycles. The zero-order valence-corrected chi connectivity index (χ0v) is 4.36. The van der Waals surface area contributed by atoms with E-state index in [9.17, 15) is 8.78 Å². The first kappa shape index (κ1) is 6.01. The van der Waals surface area contributed by atoms with Gasteiger partial charge in [0.1, 0.15) is 0 Å². The molecule has 1 rings (SSSR count). The van der Waals surface area contributed by atoms with E-state index in [1.807, 2.05) is 0 Å². The van der Waals surface area contributed by atoms with Crippen molar-refractivity contribution in [2.45, 2.75) is 0 Å². The highest BCUT2D eigenvalue weighted by molar-refractivity contribution is 5.22. The maximum absolute atomic E-state index is 12.1. The minimum Gasteiger partial charge on any atom is -0.505 e. The van der Waals surface area contributed by atoms with Crippen molar-refractivity contribution in [2.75, 3.05) is 0 Å². The van der Waals surface area contributed by atoms with Crippen LogP contribution in [0.15, 0.2) is 12.1 Å². The van der Waals surface area contributed by atoms with E-state index in [1.54, 1.807) is 0 Å². The van der Waals surface area contributed by atoms with Crippen LogP contribution in [0.3, 0.4) is 0 Å². The molecule has 0 spiro atoms. The summed E-state index contributed by atoms with van der Waals surface area (Å²) in [6.07, 6.45) is 0. The Kier molecular flexibility index (Phi) is 1.34. The van der Waals surface area contributed by atoms with E-state index in [0.717, 1.165) is 12.1 Å². The quantitative estimate of drug-likeness (QED) is 0.562. The van der Waals surface area contributed by atoms with Gasteiger partial charge in [-0.05, 0) is 18.2 Å². The van der Waals surface area contributed by atoms with Gasteiger partial charge in [-0.1, -0.05) is 0 Å². The Hall–Kier alpha value is -1.12. The van der Waals surface area contributed by atoms with Gasteiger partial charge in [-0.25, -0.2) is 4.39 Å². The van der Waals surface area contributed by atoms with Crippen LogP contribution in [-0.2, 0) is 0 Å². The normalized spacial score (nSPS) is 9.56. The maximum Gasteiger partial charge on any atom is 0.200 e. The molecule has 0 heterocycles. The summed E-state index contributed by atoms with van der Waals surface area (Å²) in [7, 11) is 0. The summed E-state index contributed by atoms with van der Waals surface area (Å²) < 4.78 is 24.1. The Balaban J connectivity index is 3.25. The number of benzene rings is 1. The van der Waals surface area contributed by atoms with Crippen molar-refractivity contribution in [2.24, 2.45) is 0 Å². The largest absolute Gasteiger partial charge is 0.505 e. The minimum atomic E-state index is -1.23. The number of phenols is 1. The Morgan fingerprint density at radius 2 is 2.00 bits per heavy atom. The third-order valence-electron chi connectivity index (χ3n) is 0.865. The summed E-state index contributed by atoms with van der Waals surface area (Å²) in [6, 6.07) is 3.98. The molecule has 0 aliphatic rings. The van der Waals surface area contributed by atoms with E-state index in [1.165, 1.54) is 0 Å². The van der Waals surface area contributed by atoms with E-state index >= 15 is 0 Å². The Morgan fingerprint density at radius 1 is 1.33 bits per heavy atom. The molecular weight excluding hydrogens is 126 g/mol. The number of hydrogen-bond donors (Lipinski definition) is 1. The summed E-state index contributed by atoms with van der Waals surface area (Å²) in [5.74, 6) is -3.03. The highest BCUT2D eigenvalue weighted by atomic mass is 19.2. The van der Waals surface area contributed by atoms with Crippen LogP contribution in [0.4, 0.5) is 8.78 Å². The lowest BCUT2D eigenvalue weighted by Crippen LogP contribution is -1.81. The van der Waals surface area contributed by atoms with Gasteiger partial charge in [0, 0.05) is 0 Å². The van der Waals surface area contributed by atoms with Gasteiger partial charge in [-0.3, -0.25) is 0 Å². The Bertz CT molecular complexity index is 202. The SMILES string of the molecule is Oc1c[c]cc(F)c1F. The van der Waals surface area contributed by atoms with Gasteiger partial charge in [-0.15, -0.1) is 0 Å². The molecule has 0 aromatic heterocycles. The standard InChI is InChI=1S/C6H3F2O/c7-4-2-1-3-5(9)6(4)8/h2-3,9H. The predicted molar refractivity (Wildman–Crippen MR) is 26.9 cm³/mol. The molecule has 0 unspecified atom stereocenters. The van der Waals surface area contributed by atoms with E-state index in [2.05, 4.69) is 6.07 Å². The molecule has 47 valence electrons. The predicted octanol–water partition coefficient (Wildman–Crippen LogP) is 1.47. The number of hydrogen-bond acceptors (Lipinski definition) is 1. The second kappa shape index (κ2) is 2.01. The van der Waals surface area contributed by atoms with Gasteiger partial charge in [-0.2, -0.15) is 4.39 Å². The molecule has 0 amide bonds. The third kappa shape index (κ3) is 0.988. The fourth-order valence-electron chi connectivity index (χ4n) is 0.443. The molecule has 0 bridgehead atoms. The smallest absolute Gasteiger partial charge is 0.200 e. The summed E-state index contributed by atoms with van der Waals surface area (Å²) in [4.78, 5) is 0. The van der Waals surface area contributed by atoms with Crippen molar-refractivity contribution < 1.29 is 13.9 Å². The van der Waals surface area contributed by atoms with Crippen LogP contribution in [-0.4, -0.2) is 5.11 Å². The van der Waals surface area contributed by atoms with Crippen LogP contribution in [0.5, 0.6) is 5.75 Å². The molecule has 0 aliphatic carbocycles. The third-order valence-corrected chi connectivity index (χ3v) is 0.865. The van der Waals surface area contributed by atoms with Crippen LogP contribution >= 0.6 is 0 Å². The first-order valence-corrected chi connectivity index (χ1v) is 2.26. The molecule has 0 saturated carbocycles. The Labute approximate surface area is 50.6 Å². The monoisotopic (exact) mass is 129 g/mol. The molecule has 1 aromatic rings. The summed E-state index contributed by atoms with van der Waals surface area (Å²) in [5.41, 5.74) is 0. The highest BCUT2D eigenvalue weighted by Crippen LogP contribution is 2.15. The number of aromatic hydroxyl groups is 1. The Morgan fingerprint density at radius 3 is 2.44 bits per heavy atom. The van der Waals surface area contributed by atoms with E-state index in [0.29, 0.717) is 0 Å². The number of phenolic OH excluding ortho intramolecular Hbond substituents is 1. The van der Waals surface area contributed by atoms with Gasteiger partial charge in [0.2, 0.25) is 0 Å². The fourth-order valence-corrected chi connectivity index (χ4v) is 0.443. The van der Waals surface area contributed by atoms with Crippen LogP contribution in [0, 0.1) is 17.7 Å². The van der Waals surface area contributed by atoms with Crippen molar-refractivity contribution in [3.05, 3.63) is 29.8 Å². The second-order valence-electron chi connectivity index (χ2n) is 1.50. The van der Waals surface area contributed by atoms with Gasteiger partial charge in [0.15, 0.2) is 17.4 Å². The molecule has 0 aliphatic heterocycles. The summed E-state index contributed by atoms with van der Waals surface area (Å²) >= 11 is 0. The first-order valence-electron chi connectivity index (χ1n) is 2.26. The van der Waals surface area contributed by atoms with Crippen LogP contribution in [0.25, 0.3) is 0 Å². The van der Waals surface area contributed by atoms with Crippen molar-refractivity contribution >= 4 is 0 Å². The summed E-state index contributed by atoms with van der Waals surface area (Å²) in [6.45, 7) is 0. The molecule has 9 heavy (non-hydrogen) atoms. The van der Waals surface area contributed by atoms with Gasteiger partial charge >= 0.3 is 0 Å². The lowest BCUT2D eigenvalue weighted by molar-refractivity contribution is 0.407. The van der Waals surface area contributed by atoms with Crippen LogP contribution in [0.1, 0.15) is 0 Å². The second-order valence-corrected chi connectivity index (χ2v) is 1.50. The molecule has 0 saturated heterocycles. The van der Waals surface area contributed by atoms with Crippen molar-refractivity contribution in [1.29, 1.82) is 0 Å². The van der Waals surface area contributed by atoms with Crippen molar-refractivity contribution in [3.8, 4) is 5.75 Å². The molecule has 0 fully saturated rings. The molecule has 0 atom stereocenters. The first-order chi connectivity index (χ1) is 4.22. The topological polar surface area (TPSA) is 20.2 Å². The van der Waals surface area contributed by atoms with Crippen LogP contribution in [0.2, 0.25) is 0 Å². The minimum absolute atomic E-state index is 0.713. The average molecular weight is 129 g/mol. The zero-order valence-electron chi connectivity index (χ0n) is 4.36. The highest BCUT2D eigenvalue weighted by Gasteiger charge is 2.03. The molecule has 1 nitrogen and oxygen atoms in total. The lowest BCUT2D eigenvalue weighted by Gasteiger charge is -1.91. The van der Waals surface area contributed by atoms with Gasteiger partial charge in [0.05, 0.1) is 0 Å². The molecular formula is C6H3F2O. The van der Waals surface area contributed by atoms with Gasteiger partial charge in [0.25, 0.3) is 0 Å². The van der Waals surface area contributed by atoms with Gasteiger partial charge < -0.3 is 5.11 Å². The molecule has 1 N–H and O–H groups in total. The maximum atomic E-state index is 12.1. The van der Waals surface area contributed by atoms with E-state index in [-0.39, 0.29) is 0 Å². The molecule has 3 heteroatoms. The van der Waals surface area contributed by atoms with Crippen LogP contribution < -0.4 is 0 Å². The summed E-state index contributed by atoms with van der Waals surface area (Å²) in [5, 5.41) is 8.45. The molecule has 1 radical (unpaired) electrons. The number of rotatable bonds is 0. The average Bonchev–Trinajstić information content (AvgIpc) is 1.83. The van der Waals surface area contributed by atoms with E-state index in [4.69, 9.17) is 5.11 Å². The zero-order chi connectivity index (χ0) is 6.85.